The van der Waals surface area contributed by atoms with Gasteiger partial charge in [0.1, 0.15) is 29.5 Å². The molecule has 164 valence electrons. The normalized spacial score (nSPS) is 21.1. The summed E-state index contributed by atoms with van der Waals surface area (Å²) in [7, 11) is 0. The summed E-state index contributed by atoms with van der Waals surface area (Å²) in [6, 6.07) is 14.2. The molecular weight excluding hydrogens is 403 g/mol. The van der Waals surface area contributed by atoms with Gasteiger partial charge in [0.25, 0.3) is 5.91 Å². The van der Waals surface area contributed by atoms with Crippen molar-refractivity contribution in [3.05, 3.63) is 60.4 Å². The summed E-state index contributed by atoms with van der Waals surface area (Å²) in [5, 5.41) is 0. The van der Waals surface area contributed by atoms with Crippen LogP contribution in [0.5, 0.6) is 11.5 Å². The predicted octanol–water partition coefficient (Wildman–Crippen LogP) is 2.11. The van der Waals surface area contributed by atoms with E-state index in [9.17, 15) is 14.0 Å². The van der Waals surface area contributed by atoms with Crippen LogP contribution < -0.4 is 9.47 Å². The molecule has 2 aromatic rings. The quantitative estimate of drug-likeness (QED) is 0.705. The van der Waals surface area contributed by atoms with Gasteiger partial charge in [-0.3, -0.25) is 9.59 Å². The number of carbonyl (C=O) groups is 2. The molecule has 0 bridgehead atoms. The predicted molar refractivity (Wildman–Crippen MR) is 110 cm³/mol. The lowest BCUT2D eigenvalue weighted by Crippen LogP contribution is -2.51. The molecule has 2 fully saturated rings. The number of ether oxygens (including phenoxy) is 3. The van der Waals surface area contributed by atoms with E-state index in [1.807, 2.05) is 30.3 Å². The minimum absolute atomic E-state index is 0.0995. The summed E-state index contributed by atoms with van der Waals surface area (Å²) in [5.74, 6) is 0.298. The van der Waals surface area contributed by atoms with Crippen molar-refractivity contribution in [2.45, 2.75) is 18.6 Å². The number of benzene rings is 2. The molecule has 0 unspecified atom stereocenters. The van der Waals surface area contributed by atoms with Gasteiger partial charge in [-0.1, -0.05) is 18.2 Å². The molecule has 2 atom stereocenters. The van der Waals surface area contributed by atoms with Crippen LogP contribution in [0.1, 0.15) is 6.42 Å². The lowest BCUT2D eigenvalue weighted by Gasteiger charge is -2.32. The van der Waals surface area contributed by atoms with Crippen molar-refractivity contribution < 1.29 is 28.2 Å². The van der Waals surface area contributed by atoms with Crippen molar-refractivity contribution in [1.82, 2.24) is 9.80 Å². The number of para-hydroxylation sites is 1. The number of hydrogen-bond acceptors (Lipinski definition) is 5. The van der Waals surface area contributed by atoms with Crippen molar-refractivity contribution in [3.63, 3.8) is 0 Å². The Morgan fingerprint density at radius 2 is 1.71 bits per heavy atom. The first-order chi connectivity index (χ1) is 15.1. The SMILES string of the molecule is O=C([C@H]1C[C@H](Oc2ccccc2)CN1C(=O)COc1ccc(F)cc1)N1CCOCC1. The van der Waals surface area contributed by atoms with Gasteiger partial charge in [0.2, 0.25) is 5.91 Å². The van der Waals surface area contributed by atoms with E-state index in [0.717, 1.165) is 0 Å². The highest BCUT2D eigenvalue weighted by molar-refractivity contribution is 5.89. The second-order valence-corrected chi connectivity index (χ2v) is 7.53. The third-order valence-electron chi connectivity index (χ3n) is 5.41. The number of likely N-dealkylation sites (tertiary alicyclic amines) is 1. The minimum Gasteiger partial charge on any atom is -0.488 e. The zero-order chi connectivity index (χ0) is 21.6. The lowest BCUT2D eigenvalue weighted by atomic mass is 10.1. The lowest BCUT2D eigenvalue weighted by molar-refractivity contribution is -0.147. The van der Waals surface area contributed by atoms with Crippen molar-refractivity contribution in [2.75, 3.05) is 39.5 Å². The number of amides is 2. The molecule has 2 aliphatic rings. The standard InChI is InChI=1S/C23H25FN2O5/c24-17-6-8-18(9-7-17)30-16-22(27)26-15-20(31-19-4-2-1-3-5-19)14-21(26)23(28)25-10-12-29-13-11-25/h1-9,20-21H,10-16H2/t20-,21+/m0/s1. The molecule has 2 saturated heterocycles. The van der Waals surface area contributed by atoms with Gasteiger partial charge >= 0.3 is 0 Å². The smallest absolute Gasteiger partial charge is 0.261 e. The fourth-order valence-electron chi connectivity index (χ4n) is 3.84. The number of nitrogens with zero attached hydrogens (tertiary/aromatic N) is 2. The van der Waals surface area contributed by atoms with E-state index in [4.69, 9.17) is 14.2 Å². The summed E-state index contributed by atoms with van der Waals surface area (Å²) >= 11 is 0. The maximum absolute atomic E-state index is 13.2. The van der Waals surface area contributed by atoms with E-state index >= 15 is 0 Å². The molecule has 8 heteroatoms. The van der Waals surface area contributed by atoms with E-state index in [2.05, 4.69) is 0 Å². The van der Waals surface area contributed by atoms with Gasteiger partial charge < -0.3 is 24.0 Å². The molecule has 0 radical (unpaired) electrons. The van der Waals surface area contributed by atoms with Crippen molar-refractivity contribution >= 4 is 11.8 Å². The van der Waals surface area contributed by atoms with E-state index in [-0.39, 0.29) is 30.3 Å². The largest absolute Gasteiger partial charge is 0.488 e. The van der Waals surface area contributed by atoms with Crippen LogP contribution >= 0.6 is 0 Å². The first-order valence-electron chi connectivity index (χ1n) is 10.4. The van der Waals surface area contributed by atoms with Crippen LogP contribution in [0.15, 0.2) is 54.6 Å². The molecule has 2 aliphatic heterocycles. The maximum atomic E-state index is 13.2. The Bertz CT molecular complexity index is 887. The number of halogens is 1. The maximum Gasteiger partial charge on any atom is 0.261 e. The fraction of sp³-hybridized carbons (Fsp3) is 0.391. The first-order valence-corrected chi connectivity index (χ1v) is 10.4. The van der Waals surface area contributed by atoms with Gasteiger partial charge in [-0.25, -0.2) is 4.39 Å². The van der Waals surface area contributed by atoms with Crippen LogP contribution in [0.4, 0.5) is 4.39 Å². The van der Waals surface area contributed by atoms with Crippen LogP contribution in [0, 0.1) is 5.82 Å². The van der Waals surface area contributed by atoms with Gasteiger partial charge in [0.05, 0.1) is 19.8 Å². The number of carbonyl (C=O) groups excluding carboxylic acids is 2. The molecule has 0 aliphatic carbocycles. The second-order valence-electron chi connectivity index (χ2n) is 7.53. The molecule has 0 N–H and O–H groups in total. The van der Waals surface area contributed by atoms with E-state index < -0.39 is 6.04 Å². The van der Waals surface area contributed by atoms with Gasteiger partial charge in [0, 0.05) is 19.5 Å². The highest BCUT2D eigenvalue weighted by Crippen LogP contribution is 2.25. The first kappa shape index (κ1) is 21.1. The fourth-order valence-corrected chi connectivity index (χ4v) is 3.84. The van der Waals surface area contributed by atoms with E-state index in [1.165, 1.54) is 29.2 Å². The third kappa shape index (κ3) is 5.32. The van der Waals surface area contributed by atoms with Crippen LogP contribution in [-0.4, -0.2) is 73.2 Å². The van der Waals surface area contributed by atoms with Gasteiger partial charge in [0.15, 0.2) is 6.61 Å². The Morgan fingerprint density at radius 1 is 1.00 bits per heavy atom. The second kappa shape index (κ2) is 9.78. The summed E-state index contributed by atoms with van der Waals surface area (Å²) in [6.07, 6.45) is 0.111. The summed E-state index contributed by atoms with van der Waals surface area (Å²) < 4.78 is 30.0. The van der Waals surface area contributed by atoms with Crippen LogP contribution in [0.25, 0.3) is 0 Å². The zero-order valence-electron chi connectivity index (χ0n) is 17.1. The molecule has 4 rings (SSSR count). The molecule has 2 heterocycles. The van der Waals surface area contributed by atoms with Crippen LogP contribution in [-0.2, 0) is 14.3 Å². The Labute approximate surface area is 180 Å². The van der Waals surface area contributed by atoms with Crippen molar-refractivity contribution in [1.29, 1.82) is 0 Å². The molecule has 2 amide bonds. The number of hydrogen-bond donors (Lipinski definition) is 0. The Kier molecular flexibility index (Phi) is 6.66. The highest BCUT2D eigenvalue weighted by atomic mass is 19.1. The molecule has 31 heavy (non-hydrogen) atoms. The Balaban J connectivity index is 1.44. The summed E-state index contributed by atoms with van der Waals surface area (Å²) in [4.78, 5) is 29.4. The molecule has 0 aromatic heterocycles. The Morgan fingerprint density at radius 3 is 2.42 bits per heavy atom. The van der Waals surface area contributed by atoms with Crippen LogP contribution in [0.2, 0.25) is 0 Å². The zero-order valence-corrected chi connectivity index (χ0v) is 17.1. The summed E-state index contributed by atoms with van der Waals surface area (Å²) in [6.45, 7) is 2.05. The summed E-state index contributed by atoms with van der Waals surface area (Å²) in [5.41, 5.74) is 0. The topological polar surface area (TPSA) is 68.3 Å². The van der Waals surface area contributed by atoms with Gasteiger partial charge in [-0.2, -0.15) is 0 Å². The molecule has 2 aromatic carbocycles. The minimum atomic E-state index is -0.615. The number of rotatable bonds is 6. The molecule has 0 spiro atoms. The van der Waals surface area contributed by atoms with E-state index in [0.29, 0.717) is 50.8 Å². The highest BCUT2D eigenvalue weighted by Gasteiger charge is 2.42. The van der Waals surface area contributed by atoms with Crippen molar-refractivity contribution in [3.8, 4) is 11.5 Å². The molecule has 7 nitrogen and oxygen atoms in total. The monoisotopic (exact) mass is 428 g/mol. The average Bonchev–Trinajstić information content (AvgIpc) is 3.23. The van der Waals surface area contributed by atoms with Gasteiger partial charge in [-0.15, -0.1) is 0 Å². The van der Waals surface area contributed by atoms with Crippen molar-refractivity contribution in [2.24, 2.45) is 0 Å². The third-order valence-corrected chi connectivity index (χ3v) is 5.41. The molecule has 0 saturated carbocycles. The molecular formula is C23H25FN2O5. The van der Waals surface area contributed by atoms with Gasteiger partial charge in [-0.05, 0) is 36.4 Å². The Hall–Kier alpha value is -3.13. The average molecular weight is 428 g/mol. The number of morpholine rings is 1. The van der Waals surface area contributed by atoms with E-state index in [1.54, 1.807) is 4.90 Å². The van der Waals surface area contributed by atoms with Crippen LogP contribution in [0.3, 0.4) is 0 Å².